The number of allylic oxidation sites excluding steroid dienone is 1. The number of carbonyl (C=O) groups excluding carboxylic acids is 1. The van der Waals surface area contributed by atoms with Gasteiger partial charge in [0.25, 0.3) is 0 Å². The fourth-order valence-electron chi connectivity index (χ4n) is 9.49. The quantitative estimate of drug-likeness (QED) is 0.170. The van der Waals surface area contributed by atoms with Gasteiger partial charge in [0.15, 0.2) is 5.79 Å². The third-order valence-corrected chi connectivity index (χ3v) is 12.8. The topological polar surface area (TPSA) is 97.3 Å². The monoisotopic (exact) mass is 705 g/mol. The average molecular weight is 706 g/mol. The lowest BCUT2D eigenvalue weighted by Crippen LogP contribution is -2.58. The zero-order chi connectivity index (χ0) is 36.1. The molecule has 2 aromatic carbocycles. The van der Waals surface area contributed by atoms with Gasteiger partial charge < -0.3 is 24.4 Å². The van der Waals surface area contributed by atoms with Crippen molar-refractivity contribution in [3.63, 3.8) is 0 Å². The summed E-state index contributed by atoms with van der Waals surface area (Å²) in [5.74, 6) is 0.256. The second-order valence-electron chi connectivity index (χ2n) is 17.7. The molecule has 6 atom stereocenters. The molecule has 6 rings (SSSR count). The lowest BCUT2D eigenvalue weighted by molar-refractivity contribution is -0.322. The van der Waals surface area contributed by atoms with Crippen LogP contribution < -0.4 is 5.32 Å². The molecular weight excluding hydrogens is 647 g/mol. The third kappa shape index (κ3) is 7.30. The van der Waals surface area contributed by atoms with E-state index in [0.717, 1.165) is 43.2 Å². The van der Waals surface area contributed by atoms with Gasteiger partial charge in [0.1, 0.15) is 6.61 Å². The smallest absolute Gasteiger partial charge is 0.411 e. The minimum absolute atomic E-state index is 0.0370. The molecule has 50 heavy (non-hydrogen) atoms. The highest BCUT2D eigenvalue weighted by Gasteiger charge is 2.58. The first-order chi connectivity index (χ1) is 23.5. The molecule has 0 bridgehead atoms. The van der Waals surface area contributed by atoms with Gasteiger partial charge in [-0.2, -0.15) is 12.6 Å². The Kier molecular flexibility index (Phi) is 10.4. The average Bonchev–Trinajstić information content (AvgIpc) is 3.08. The van der Waals surface area contributed by atoms with Crippen molar-refractivity contribution in [2.75, 3.05) is 24.3 Å². The van der Waals surface area contributed by atoms with Crippen LogP contribution in [0.5, 0.6) is 0 Å². The molecule has 4 aliphatic rings. The lowest BCUT2D eigenvalue weighted by Gasteiger charge is -2.59. The molecule has 2 saturated carbocycles. The highest BCUT2D eigenvalue weighted by molar-refractivity contribution is 7.80. The lowest BCUT2D eigenvalue weighted by atomic mass is 9.49. The van der Waals surface area contributed by atoms with Crippen LogP contribution in [0.3, 0.4) is 0 Å². The SMILES string of the molecule is CCC1C2CCC3(O)CC4(CCC3=C2C(c2ccc(COC(=O)Nc3ccc(C(C)(C)C)cc3)cc2)CC1(C)C(O)CS)OCC(C)(C)CO4. The number of anilines is 1. The van der Waals surface area contributed by atoms with Gasteiger partial charge in [0, 0.05) is 35.6 Å². The summed E-state index contributed by atoms with van der Waals surface area (Å²) in [6.45, 7) is 16.7. The van der Waals surface area contributed by atoms with E-state index in [2.05, 4.69) is 78.5 Å². The first-order valence-corrected chi connectivity index (χ1v) is 19.3. The van der Waals surface area contributed by atoms with Crippen LogP contribution >= 0.6 is 12.6 Å². The molecule has 0 radical (unpaired) electrons. The third-order valence-electron chi connectivity index (χ3n) is 12.4. The number of ether oxygens (including phenoxy) is 3. The summed E-state index contributed by atoms with van der Waals surface area (Å²) in [7, 11) is 0. The largest absolute Gasteiger partial charge is 0.444 e. The number of aliphatic hydroxyl groups is 2. The second kappa shape index (κ2) is 13.9. The van der Waals surface area contributed by atoms with Crippen LogP contribution in [0, 0.1) is 22.7 Å². The number of rotatable bonds is 7. The van der Waals surface area contributed by atoms with Gasteiger partial charge in [-0.05, 0) is 82.7 Å². The Morgan fingerprint density at radius 3 is 2.30 bits per heavy atom. The molecule has 3 N–H and O–H groups in total. The van der Waals surface area contributed by atoms with E-state index in [1.54, 1.807) is 0 Å². The Balaban J connectivity index is 1.24. The van der Waals surface area contributed by atoms with Gasteiger partial charge in [-0.3, -0.25) is 5.32 Å². The van der Waals surface area contributed by atoms with Crippen molar-refractivity contribution in [3.8, 4) is 0 Å². The van der Waals surface area contributed by atoms with Crippen LogP contribution in [0.25, 0.3) is 0 Å². The van der Waals surface area contributed by atoms with Gasteiger partial charge in [-0.1, -0.05) is 96.9 Å². The molecule has 0 aromatic heterocycles. The Morgan fingerprint density at radius 1 is 1.04 bits per heavy atom. The number of aliphatic hydroxyl groups excluding tert-OH is 1. The molecule has 3 aliphatic carbocycles. The Labute approximate surface area is 305 Å². The van der Waals surface area contributed by atoms with E-state index in [9.17, 15) is 15.0 Å². The maximum absolute atomic E-state index is 12.7. The molecule has 8 heteroatoms. The molecule has 1 heterocycles. The number of benzene rings is 2. The van der Waals surface area contributed by atoms with E-state index in [-0.39, 0.29) is 40.6 Å². The van der Waals surface area contributed by atoms with Crippen molar-refractivity contribution in [1.29, 1.82) is 0 Å². The van der Waals surface area contributed by atoms with Crippen LogP contribution in [0.1, 0.15) is 116 Å². The predicted octanol–water partition coefficient (Wildman–Crippen LogP) is 8.93. The van der Waals surface area contributed by atoms with Crippen molar-refractivity contribution in [2.24, 2.45) is 22.7 Å². The Hall–Kier alpha value is -2.36. The molecule has 6 unspecified atom stereocenters. The van der Waals surface area contributed by atoms with Crippen LogP contribution in [0.2, 0.25) is 0 Å². The van der Waals surface area contributed by atoms with Crippen molar-refractivity contribution in [2.45, 2.75) is 129 Å². The first kappa shape index (κ1) is 37.4. The Bertz CT molecular complexity index is 1550. The van der Waals surface area contributed by atoms with Crippen LogP contribution in [-0.2, 0) is 26.2 Å². The van der Waals surface area contributed by atoms with Gasteiger partial charge in [0.2, 0.25) is 0 Å². The molecule has 1 aliphatic heterocycles. The standard InChI is InChI=1S/C42H59NO6S/c1-8-33-31-17-19-41(46)24-42(48-25-39(5,6)26-49-42)20-18-34(41)36(31)32(21-40(33,7)35(44)23-50)28-11-9-27(10-12-28)22-47-37(45)43-30-15-13-29(14-16-30)38(2,3)4/h9-16,31-33,35,44,46,50H,8,17-26H2,1-7H3,(H,43,45). The van der Waals surface area contributed by atoms with E-state index in [0.29, 0.717) is 37.5 Å². The molecule has 7 nitrogen and oxygen atoms in total. The molecule has 274 valence electrons. The molecule has 2 aromatic rings. The fraction of sp³-hybridized carbons (Fsp3) is 0.643. The van der Waals surface area contributed by atoms with Crippen molar-refractivity contribution in [3.05, 3.63) is 76.4 Å². The summed E-state index contributed by atoms with van der Waals surface area (Å²) in [6.07, 6.45) is 4.16. The summed E-state index contributed by atoms with van der Waals surface area (Å²) in [5, 5.41) is 26.8. The van der Waals surface area contributed by atoms with Crippen molar-refractivity contribution < 1.29 is 29.2 Å². The summed E-state index contributed by atoms with van der Waals surface area (Å²) < 4.78 is 18.4. The maximum atomic E-state index is 12.7. The highest BCUT2D eigenvalue weighted by atomic mass is 32.1. The number of amides is 1. The van der Waals surface area contributed by atoms with Crippen molar-refractivity contribution >= 4 is 24.4 Å². The number of thiol groups is 1. The molecule has 1 spiro atoms. The van der Waals surface area contributed by atoms with E-state index < -0.39 is 23.6 Å². The normalized spacial score (nSPS) is 31.0. The van der Waals surface area contributed by atoms with Crippen LogP contribution in [0.4, 0.5) is 10.5 Å². The zero-order valence-electron chi connectivity index (χ0n) is 31.2. The predicted molar refractivity (Wildman–Crippen MR) is 201 cm³/mol. The fourth-order valence-corrected chi connectivity index (χ4v) is 9.91. The molecule has 1 amide bonds. The number of hydrogen-bond donors (Lipinski definition) is 4. The number of hydrogen-bond acceptors (Lipinski definition) is 7. The number of nitrogens with one attached hydrogen (secondary N) is 1. The maximum Gasteiger partial charge on any atom is 0.411 e. The van der Waals surface area contributed by atoms with Crippen molar-refractivity contribution in [1.82, 2.24) is 0 Å². The van der Waals surface area contributed by atoms with Crippen LogP contribution in [0.15, 0.2) is 59.7 Å². The minimum atomic E-state index is -0.980. The summed E-state index contributed by atoms with van der Waals surface area (Å²) >= 11 is 4.57. The van der Waals surface area contributed by atoms with Crippen LogP contribution in [-0.4, -0.2) is 52.8 Å². The van der Waals surface area contributed by atoms with Gasteiger partial charge in [0.05, 0.1) is 24.9 Å². The minimum Gasteiger partial charge on any atom is -0.444 e. The first-order valence-electron chi connectivity index (χ1n) is 18.7. The van der Waals surface area contributed by atoms with E-state index in [1.807, 2.05) is 36.4 Å². The number of fused-ring (bicyclic) bond motifs is 2. The zero-order valence-corrected chi connectivity index (χ0v) is 32.1. The number of carbonyl (C=O) groups is 1. The molecule has 3 fully saturated rings. The Morgan fingerprint density at radius 2 is 1.70 bits per heavy atom. The van der Waals surface area contributed by atoms with Gasteiger partial charge in [-0.15, -0.1) is 0 Å². The summed E-state index contributed by atoms with van der Waals surface area (Å²) in [6, 6.07) is 16.2. The van der Waals surface area contributed by atoms with E-state index in [4.69, 9.17) is 14.2 Å². The second-order valence-corrected chi connectivity index (χ2v) is 18.1. The molecular formula is C42H59NO6S. The van der Waals surface area contributed by atoms with E-state index >= 15 is 0 Å². The summed E-state index contributed by atoms with van der Waals surface area (Å²) in [4.78, 5) is 12.7. The van der Waals surface area contributed by atoms with Gasteiger partial charge >= 0.3 is 6.09 Å². The highest BCUT2D eigenvalue weighted by Crippen LogP contribution is 2.63. The summed E-state index contributed by atoms with van der Waals surface area (Å²) in [5.41, 5.74) is 5.18. The molecule has 1 saturated heterocycles. The van der Waals surface area contributed by atoms with E-state index in [1.165, 1.54) is 16.7 Å². The van der Waals surface area contributed by atoms with Gasteiger partial charge in [-0.25, -0.2) is 4.79 Å².